The van der Waals surface area contributed by atoms with Crippen LogP contribution in [-0.4, -0.2) is 24.9 Å². The van der Waals surface area contributed by atoms with Crippen molar-refractivity contribution < 1.29 is 13.2 Å². The maximum absolute atomic E-state index is 12.4. The lowest BCUT2D eigenvalue weighted by Crippen LogP contribution is -2.29. The number of aromatic nitrogens is 1. The van der Waals surface area contributed by atoms with Crippen molar-refractivity contribution in [3.8, 4) is 0 Å². The van der Waals surface area contributed by atoms with Crippen LogP contribution in [0.1, 0.15) is 55.6 Å². The number of nitrogens with one attached hydrogen (secondary N) is 1. The van der Waals surface area contributed by atoms with Gasteiger partial charge in [-0.3, -0.25) is 4.79 Å². The van der Waals surface area contributed by atoms with Crippen LogP contribution in [-0.2, 0) is 9.05 Å². The second-order valence-electron chi connectivity index (χ2n) is 6.14. The predicted molar refractivity (Wildman–Crippen MR) is 80.0 cm³/mol. The van der Waals surface area contributed by atoms with Crippen LogP contribution >= 0.6 is 10.7 Å². The van der Waals surface area contributed by atoms with Gasteiger partial charge in [0.2, 0.25) is 0 Å². The first kappa shape index (κ1) is 14.9. The Bertz CT molecular complexity index is 662. The molecule has 2 unspecified atom stereocenters. The summed E-state index contributed by atoms with van der Waals surface area (Å²) < 4.78 is 24.9. The molecular weight excluding hydrogens is 312 g/mol. The molecule has 0 saturated heterocycles. The summed E-state index contributed by atoms with van der Waals surface area (Å²) in [6.45, 7) is 2.08. The Morgan fingerprint density at radius 3 is 2.52 bits per heavy atom. The van der Waals surface area contributed by atoms with Gasteiger partial charge in [-0.25, -0.2) is 8.42 Å². The van der Waals surface area contributed by atoms with Gasteiger partial charge in [-0.15, -0.1) is 0 Å². The van der Waals surface area contributed by atoms with Crippen LogP contribution in [0.4, 0.5) is 0 Å². The molecule has 2 saturated carbocycles. The van der Waals surface area contributed by atoms with E-state index in [9.17, 15) is 13.2 Å². The number of carbonyl (C=O) groups excluding carboxylic acids is 1. The molecule has 21 heavy (non-hydrogen) atoms. The molecule has 0 aromatic carbocycles. The van der Waals surface area contributed by atoms with Crippen molar-refractivity contribution in [2.75, 3.05) is 0 Å². The average molecular weight is 331 g/mol. The number of amides is 1. The van der Waals surface area contributed by atoms with Crippen molar-refractivity contribution in [1.29, 1.82) is 0 Å². The minimum absolute atomic E-state index is 0.00469. The topological polar surface area (TPSA) is 68.2 Å². The fourth-order valence-electron chi connectivity index (χ4n) is 3.02. The maximum atomic E-state index is 12.4. The minimum atomic E-state index is -3.82. The lowest BCUT2D eigenvalue weighted by molar-refractivity contribution is 0.0938. The second-order valence-corrected chi connectivity index (χ2v) is 8.70. The summed E-state index contributed by atoms with van der Waals surface area (Å²) >= 11 is 0. The van der Waals surface area contributed by atoms with Gasteiger partial charge in [0, 0.05) is 29.0 Å². The van der Waals surface area contributed by atoms with E-state index in [1.165, 1.54) is 12.3 Å². The molecule has 1 amide bonds. The Hall–Kier alpha value is -1.01. The molecule has 2 aliphatic rings. The van der Waals surface area contributed by atoms with Crippen LogP contribution in [0.2, 0.25) is 0 Å². The van der Waals surface area contributed by atoms with Crippen LogP contribution in [0, 0.1) is 5.92 Å². The number of halogens is 1. The van der Waals surface area contributed by atoms with Gasteiger partial charge < -0.3 is 9.88 Å². The zero-order chi connectivity index (χ0) is 15.2. The Balaban J connectivity index is 1.92. The van der Waals surface area contributed by atoms with Crippen LogP contribution in [0.3, 0.4) is 0 Å². The smallest absolute Gasteiger partial charge is 0.268 e. The van der Waals surface area contributed by atoms with Crippen molar-refractivity contribution in [2.45, 2.75) is 56.0 Å². The van der Waals surface area contributed by atoms with Crippen molar-refractivity contribution in [1.82, 2.24) is 9.88 Å². The highest BCUT2D eigenvalue weighted by atomic mass is 35.7. The molecule has 116 valence electrons. The van der Waals surface area contributed by atoms with E-state index in [0.717, 1.165) is 32.1 Å². The molecule has 1 aromatic heterocycles. The molecule has 0 aliphatic heterocycles. The zero-order valence-corrected chi connectivity index (χ0v) is 13.5. The molecule has 0 radical (unpaired) electrons. The largest absolute Gasteiger partial charge is 0.348 e. The lowest BCUT2D eigenvalue weighted by atomic mass is 10.2. The van der Waals surface area contributed by atoms with E-state index in [2.05, 4.69) is 12.2 Å². The molecule has 1 aromatic rings. The summed E-state index contributed by atoms with van der Waals surface area (Å²) in [7, 11) is 1.60. The number of hydrogen-bond donors (Lipinski definition) is 1. The van der Waals surface area contributed by atoms with E-state index in [4.69, 9.17) is 10.7 Å². The summed E-state index contributed by atoms with van der Waals surface area (Å²) in [5.41, 5.74) is 0.403. The monoisotopic (exact) mass is 330 g/mol. The van der Waals surface area contributed by atoms with Crippen LogP contribution in [0.5, 0.6) is 0 Å². The van der Waals surface area contributed by atoms with Crippen LogP contribution < -0.4 is 5.32 Å². The SMILES string of the molecule is CC1CC1NC(=O)c1cc(S(=O)(=O)Cl)cn1C1CCCC1. The standard InChI is InChI=1S/C14H19ClN2O3S/c1-9-6-12(9)16-14(18)13-7-11(21(15,19)20)8-17(13)10-4-2-3-5-10/h7-10,12H,2-6H2,1H3,(H,16,18). The van der Waals surface area contributed by atoms with Crippen LogP contribution in [0.15, 0.2) is 17.2 Å². The van der Waals surface area contributed by atoms with E-state index in [0.29, 0.717) is 11.6 Å². The molecule has 2 fully saturated rings. The quantitative estimate of drug-likeness (QED) is 0.863. The van der Waals surface area contributed by atoms with E-state index in [-0.39, 0.29) is 22.9 Å². The third-order valence-electron chi connectivity index (χ3n) is 4.48. The Morgan fingerprint density at radius 2 is 2.00 bits per heavy atom. The molecule has 1 heterocycles. The molecule has 3 rings (SSSR count). The highest BCUT2D eigenvalue weighted by Gasteiger charge is 2.35. The molecule has 5 nitrogen and oxygen atoms in total. The second kappa shape index (κ2) is 5.32. The first-order chi connectivity index (χ1) is 9.86. The summed E-state index contributed by atoms with van der Waals surface area (Å²) in [4.78, 5) is 12.4. The van der Waals surface area contributed by atoms with Gasteiger partial charge >= 0.3 is 0 Å². The molecule has 7 heteroatoms. The van der Waals surface area contributed by atoms with Gasteiger partial charge in [0.05, 0.1) is 0 Å². The fourth-order valence-corrected chi connectivity index (χ4v) is 3.76. The van der Waals surface area contributed by atoms with Gasteiger partial charge in [-0.05, 0) is 31.2 Å². The number of nitrogens with zero attached hydrogens (tertiary/aromatic N) is 1. The van der Waals surface area contributed by atoms with Crippen molar-refractivity contribution >= 4 is 25.6 Å². The number of rotatable bonds is 4. The predicted octanol–water partition coefficient (Wildman–Crippen LogP) is 2.67. The highest BCUT2D eigenvalue weighted by molar-refractivity contribution is 8.13. The summed E-state index contributed by atoms with van der Waals surface area (Å²) in [5, 5.41) is 2.95. The van der Waals surface area contributed by atoms with E-state index < -0.39 is 9.05 Å². The third kappa shape index (κ3) is 3.11. The first-order valence-corrected chi connectivity index (χ1v) is 9.64. The van der Waals surface area contributed by atoms with Gasteiger partial charge in [0.1, 0.15) is 10.6 Å². The van der Waals surface area contributed by atoms with Gasteiger partial charge in [-0.2, -0.15) is 0 Å². The average Bonchev–Trinajstić information content (AvgIpc) is 2.92. The first-order valence-electron chi connectivity index (χ1n) is 7.33. The fraction of sp³-hybridized carbons (Fsp3) is 0.643. The molecule has 0 bridgehead atoms. The van der Waals surface area contributed by atoms with E-state index >= 15 is 0 Å². The van der Waals surface area contributed by atoms with E-state index in [1.54, 1.807) is 4.57 Å². The number of hydrogen-bond acceptors (Lipinski definition) is 3. The lowest BCUT2D eigenvalue weighted by Gasteiger charge is -2.15. The highest BCUT2D eigenvalue weighted by Crippen LogP contribution is 2.34. The molecule has 2 aliphatic carbocycles. The Morgan fingerprint density at radius 1 is 1.38 bits per heavy atom. The Kier molecular flexibility index (Phi) is 3.78. The molecule has 0 spiro atoms. The van der Waals surface area contributed by atoms with Crippen LogP contribution in [0.25, 0.3) is 0 Å². The van der Waals surface area contributed by atoms with Gasteiger partial charge in [0.15, 0.2) is 0 Å². The van der Waals surface area contributed by atoms with E-state index in [1.807, 2.05) is 0 Å². The number of carbonyl (C=O) groups is 1. The maximum Gasteiger partial charge on any atom is 0.268 e. The Labute approximate surface area is 129 Å². The van der Waals surface area contributed by atoms with Gasteiger partial charge in [-0.1, -0.05) is 19.8 Å². The molecule has 1 N–H and O–H groups in total. The van der Waals surface area contributed by atoms with Crippen molar-refractivity contribution in [2.24, 2.45) is 5.92 Å². The third-order valence-corrected chi connectivity index (χ3v) is 5.80. The summed E-state index contributed by atoms with van der Waals surface area (Å²) in [6, 6.07) is 1.79. The summed E-state index contributed by atoms with van der Waals surface area (Å²) in [6.07, 6.45) is 6.63. The van der Waals surface area contributed by atoms with Crippen molar-refractivity contribution in [3.05, 3.63) is 18.0 Å². The summed E-state index contributed by atoms with van der Waals surface area (Å²) in [5.74, 6) is 0.294. The zero-order valence-electron chi connectivity index (χ0n) is 11.9. The molecular formula is C14H19ClN2O3S. The van der Waals surface area contributed by atoms with Gasteiger partial charge in [0.25, 0.3) is 15.0 Å². The van der Waals surface area contributed by atoms with Crippen molar-refractivity contribution in [3.63, 3.8) is 0 Å². The minimum Gasteiger partial charge on any atom is -0.348 e. The molecule has 2 atom stereocenters. The normalized spacial score (nSPS) is 26.0.